The predicted molar refractivity (Wildman–Crippen MR) is 159 cm³/mol. The van der Waals surface area contributed by atoms with Gasteiger partial charge in [0.05, 0.1) is 0 Å². The maximum atomic E-state index is 2.73. The highest BCUT2D eigenvalue weighted by Gasteiger charge is 2.77. The molecule has 38 heavy (non-hydrogen) atoms. The smallest absolute Gasteiger partial charge is 0.0312 e. The van der Waals surface area contributed by atoms with E-state index >= 15 is 0 Å². The van der Waals surface area contributed by atoms with Crippen molar-refractivity contribution in [2.24, 2.45) is 124 Å². The van der Waals surface area contributed by atoms with Crippen molar-refractivity contribution >= 4 is 0 Å². The van der Waals surface area contributed by atoms with Gasteiger partial charge in [-0.1, -0.05) is 74.1 Å². The van der Waals surface area contributed by atoms with Crippen LogP contribution < -0.4 is 0 Å². The van der Waals surface area contributed by atoms with Crippen molar-refractivity contribution in [2.45, 2.75) is 113 Å². The van der Waals surface area contributed by atoms with Crippen LogP contribution in [0.1, 0.15) is 113 Å². The second-order valence-electron chi connectivity index (χ2n) is 17.8. The molecular formula is C38H62. The van der Waals surface area contributed by atoms with Crippen LogP contribution in [-0.2, 0) is 0 Å². The van der Waals surface area contributed by atoms with E-state index in [9.17, 15) is 0 Å². The summed E-state index contributed by atoms with van der Waals surface area (Å²) < 4.78 is 0. The number of hydrogen-bond acceptors (Lipinski definition) is 0. The molecule has 0 saturated heterocycles. The number of rotatable bonds is 10. The van der Waals surface area contributed by atoms with Crippen LogP contribution in [0.5, 0.6) is 0 Å². The molecule has 0 aliphatic heterocycles. The van der Waals surface area contributed by atoms with Crippen LogP contribution in [-0.4, -0.2) is 0 Å². The Morgan fingerprint density at radius 3 is 1.76 bits per heavy atom. The Bertz CT molecular complexity index is 863. The number of fused-ring (bicyclic) bond motifs is 8. The van der Waals surface area contributed by atoms with E-state index in [2.05, 4.69) is 48.5 Å². The predicted octanol–water partition coefficient (Wildman–Crippen LogP) is 10.1. The highest BCUT2D eigenvalue weighted by atomic mass is 14.8. The van der Waals surface area contributed by atoms with E-state index in [1.807, 2.05) is 0 Å². The van der Waals surface area contributed by atoms with E-state index in [0.29, 0.717) is 0 Å². The quantitative estimate of drug-likeness (QED) is 0.270. The van der Waals surface area contributed by atoms with Gasteiger partial charge in [-0.25, -0.2) is 0 Å². The first-order chi connectivity index (χ1) is 18.3. The molecule has 0 amide bonds. The molecule has 8 rings (SSSR count). The van der Waals surface area contributed by atoms with Crippen LogP contribution in [0.15, 0.2) is 0 Å². The first kappa shape index (κ1) is 25.7. The van der Waals surface area contributed by atoms with Crippen LogP contribution in [0.25, 0.3) is 0 Å². The van der Waals surface area contributed by atoms with E-state index in [-0.39, 0.29) is 0 Å². The van der Waals surface area contributed by atoms with Gasteiger partial charge in [-0.15, -0.1) is 0 Å². The van der Waals surface area contributed by atoms with Crippen LogP contribution >= 0.6 is 0 Å². The lowest BCUT2D eigenvalue weighted by molar-refractivity contribution is -0.350. The monoisotopic (exact) mass is 518 g/mol. The Labute approximate surface area is 236 Å². The standard InChI is InChI=1S/C38H62/c1-8-18(2)28-14-25-15-29(34(25)28)22(6)23(7)30-16-32-35(30)38-36-31(17-33(36)37(32)38)27-13-12-26(27)21(5)19(3)20(4)24-10-9-11-24/h18-38H,8-17H2,1-7H3. The Balaban J connectivity index is 0.879. The fourth-order valence-electron chi connectivity index (χ4n) is 14.2. The molecule has 8 aliphatic carbocycles. The van der Waals surface area contributed by atoms with Gasteiger partial charge in [0.2, 0.25) is 0 Å². The zero-order chi connectivity index (χ0) is 26.2. The van der Waals surface area contributed by atoms with Gasteiger partial charge in [0.1, 0.15) is 0 Å². The largest absolute Gasteiger partial charge is 0.0651 e. The first-order valence-electron chi connectivity index (χ1n) is 18.3. The van der Waals surface area contributed by atoms with Gasteiger partial charge in [0, 0.05) is 0 Å². The van der Waals surface area contributed by atoms with Gasteiger partial charge in [-0.05, 0) is 163 Å². The summed E-state index contributed by atoms with van der Waals surface area (Å²) in [7, 11) is 0. The molecule has 8 aliphatic rings. The molecule has 0 aromatic rings. The van der Waals surface area contributed by atoms with Crippen molar-refractivity contribution in [2.75, 3.05) is 0 Å². The Morgan fingerprint density at radius 1 is 0.500 bits per heavy atom. The summed E-state index contributed by atoms with van der Waals surface area (Å²) in [5.74, 6) is 23.0. The van der Waals surface area contributed by atoms with Gasteiger partial charge in [0.15, 0.2) is 0 Å². The topological polar surface area (TPSA) is 0 Å². The molecule has 0 aromatic carbocycles. The van der Waals surface area contributed by atoms with Crippen molar-refractivity contribution in [3.63, 3.8) is 0 Å². The van der Waals surface area contributed by atoms with Crippen molar-refractivity contribution in [3.8, 4) is 0 Å². The lowest BCUT2D eigenvalue weighted by Gasteiger charge is -2.82. The SMILES string of the molecule is CCC(C)C1CC2CC(C(C)C(C)C3CC4C3C3C5C(C6CCC6C(C)C(C)C(C)C6CCC6)CC5C43)C21. The zero-order valence-corrected chi connectivity index (χ0v) is 26.2. The molecule has 214 valence electrons. The Hall–Kier alpha value is 0. The summed E-state index contributed by atoms with van der Waals surface area (Å²) in [4.78, 5) is 0. The summed E-state index contributed by atoms with van der Waals surface area (Å²) in [5.41, 5.74) is 0. The Kier molecular flexibility index (Phi) is 6.08. The molecule has 0 heterocycles. The minimum absolute atomic E-state index is 0.950. The molecule has 20 atom stereocenters. The van der Waals surface area contributed by atoms with E-state index in [1.54, 1.807) is 38.5 Å². The van der Waals surface area contributed by atoms with Gasteiger partial charge in [-0.3, -0.25) is 0 Å². The van der Waals surface area contributed by atoms with Crippen molar-refractivity contribution < 1.29 is 0 Å². The van der Waals surface area contributed by atoms with E-state index in [1.165, 1.54) is 61.2 Å². The van der Waals surface area contributed by atoms with E-state index < -0.39 is 0 Å². The molecular weight excluding hydrogens is 456 g/mol. The summed E-state index contributed by atoms with van der Waals surface area (Å²) in [6.45, 7) is 18.4. The second kappa shape index (κ2) is 9.00. The molecule has 0 heteroatoms. The maximum absolute atomic E-state index is 2.73. The third-order valence-corrected chi connectivity index (χ3v) is 17.8. The fraction of sp³-hybridized carbons (Fsp3) is 1.00. The average Bonchev–Trinajstić information content (AvgIpc) is 2.81. The molecule has 8 fully saturated rings. The van der Waals surface area contributed by atoms with E-state index in [0.717, 1.165) is 88.8 Å². The Morgan fingerprint density at radius 2 is 1.16 bits per heavy atom. The van der Waals surface area contributed by atoms with Gasteiger partial charge in [0.25, 0.3) is 0 Å². The fourth-order valence-corrected chi connectivity index (χ4v) is 14.2. The minimum atomic E-state index is 0.950. The average molecular weight is 519 g/mol. The lowest BCUT2D eigenvalue weighted by atomic mass is 9.22. The first-order valence-corrected chi connectivity index (χ1v) is 18.3. The molecule has 0 aromatic heterocycles. The third-order valence-electron chi connectivity index (χ3n) is 17.8. The second-order valence-corrected chi connectivity index (χ2v) is 17.8. The highest BCUT2D eigenvalue weighted by Crippen LogP contribution is 2.82. The normalized spacial score (nSPS) is 56.3. The molecule has 0 N–H and O–H groups in total. The third kappa shape index (κ3) is 3.22. The lowest BCUT2D eigenvalue weighted by Crippen LogP contribution is -2.78. The van der Waals surface area contributed by atoms with Crippen LogP contribution in [0.2, 0.25) is 0 Å². The molecule has 0 nitrogen and oxygen atoms in total. The van der Waals surface area contributed by atoms with Crippen LogP contribution in [0.3, 0.4) is 0 Å². The summed E-state index contributed by atoms with van der Waals surface area (Å²) in [6, 6.07) is 0. The zero-order valence-electron chi connectivity index (χ0n) is 26.2. The summed E-state index contributed by atoms with van der Waals surface area (Å²) in [5, 5.41) is 0. The minimum Gasteiger partial charge on any atom is -0.0651 e. The molecule has 8 saturated carbocycles. The van der Waals surface area contributed by atoms with Crippen LogP contribution in [0, 0.1) is 124 Å². The van der Waals surface area contributed by atoms with Crippen LogP contribution in [0.4, 0.5) is 0 Å². The van der Waals surface area contributed by atoms with Crippen molar-refractivity contribution in [3.05, 3.63) is 0 Å². The number of hydrogen-bond donors (Lipinski definition) is 0. The van der Waals surface area contributed by atoms with Crippen molar-refractivity contribution in [1.82, 2.24) is 0 Å². The molecule has 0 spiro atoms. The van der Waals surface area contributed by atoms with Gasteiger partial charge < -0.3 is 0 Å². The van der Waals surface area contributed by atoms with Gasteiger partial charge in [-0.2, -0.15) is 0 Å². The van der Waals surface area contributed by atoms with Crippen molar-refractivity contribution in [1.29, 1.82) is 0 Å². The molecule has 20 unspecified atom stereocenters. The maximum Gasteiger partial charge on any atom is -0.0312 e. The highest BCUT2D eigenvalue weighted by molar-refractivity contribution is 5.24. The van der Waals surface area contributed by atoms with E-state index in [4.69, 9.17) is 0 Å². The summed E-state index contributed by atoms with van der Waals surface area (Å²) >= 11 is 0. The molecule has 0 radical (unpaired) electrons. The molecule has 0 bridgehead atoms. The van der Waals surface area contributed by atoms with Gasteiger partial charge >= 0.3 is 0 Å². The summed E-state index contributed by atoms with van der Waals surface area (Å²) in [6.07, 6.45) is 15.6.